The molecule has 1 aliphatic rings. The molecule has 0 saturated carbocycles. The Labute approximate surface area is 51.6 Å². The van der Waals surface area contributed by atoms with E-state index < -0.39 is 0 Å². The Morgan fingerprint density at radius 1 is 1.50 bits per heavy atom. The van der Waals surface area contributed by atoms with Crippen LogP contribution in [-0.4, -0.2) is 0 Å². The van der Waals surface area contributed by atoms with Crippen molar-refractivity contribution < 1.29 is 0 Å². The van der Waals surface area contributed by atoms with Crippen LogP contribution >= 0.6 is 0 Å². The third-order valence-electron chi connectivity index (χ3n) is 1.92. The third kappa shape index (κ3) is 0.936. The van der Waals surface area contributed by atoms with Crippen LogP contribution in [0.2, 0.25) is 0 Å². The van der Waals surface area contributed by atoms with Crippen LogP contribution in [0.1, 0.15) is 27.2 Å². The average molecular weight is 109 g/mol. The SMILES string of the molecule is CC1=[C]C(C)CC1C. The van der Waals surface area contributed by atoms with E-state index in [0.29, 0.717) is 5.92 Å². The lowest BCUT2D eigenvalue weighted by atomic mass is 10.0. The fourth-order valence-electron chi connectivity index (χ4n) is 1.30. The summed E-state index contributed by atoms with van der Waals surface area (Å²) in [6.45, 7) is 6.67. The van der Waals surface area contributed by atoms with Gasteiger partial charge in [0.05, 0.1) is 0 Å². The summed E-state index contributed by atoms with van der Waals surface area (Å²) in [5.74, 6) is 1.51. The van der Waals surface area contributed by atoms with Gasteiger partial charge in [0.25, 0.3) is 0 Å². The van der Waals surface area contributed by atoms with Crippen LogP contribution in [0.5, 0.6) is 0 Å². The van der Waals surface area contributed by atoms with Gasteiger partial charge in [-0.3, -0.25) is 0 Å². The molecule has 2 atom stereocenters. The Morgan fingerprint density at radius 2 is 2.12 bits per heavy atom. The van der Waals surface area contributed by atoms with Crippen molar-refractivity contribution in [1.82, 2.24) is 0 Å². The Hall–Kier alpha value is -0.260. The van der Waals surface area contributed by atoms with Crippen LogP contribution in [0.4, 0.5) is 0 Å². The van der Waals surface area contributed by atoms with Crippen LogP contribution in [0, 0.1) is 17.9 Å². The highest BCUT2D eigenvalue weighted by molar-refractivity contribution is 5.05. The van der Waals surface area contributed by atoms with Crippen LogP contribution in [-0.2, 0) is 0 Å². The lowest BCUT2D eigenvalue weighted by Gasteiger charge is -2.01. The molecule has 0 aliphatic heterocycles. The molecular formula is C8H13. The fraction of sp³-hybridized carbons (Fsp3) is 0.750. The zero-order valence-corrected chi connectivity index (χ0v) is 5.86. The molecule has 0 saturated heterocycles. The smallest absolute Gasteiger partial charge is 0.0182 e. The normalized spacial score (nSPS) is 37.6. The molecule has 0 fully saturated rings. The lowest BCUT2D eigenvalue weighted by molar-refractivity contribution is 0.572. The Kier molecular flexibility index (Phi) is 1.41. The van der Waals surface area contributed by atoms with Gasteiger partial charge in [-0.05, 0) is 31.3 Å². The minimum Gasteiger partial charge on any atom is -0.0667 e. The van der Waals surface area contributed by atoms with E-state index >= 15 is 0 Å². The second-order valence-corrected chi connectivity index (χ2v) is 2.87. The van der Waals surface area contributed by atoms with Crippen molar-refractivity contribution in [2.24, 2.45) is 11.8 Å². The molecule has 0 spiro atoms. The predicted octanol–water partition coefficient (Wildman–Crippen LogP) is 2.41. The first-order chi connectivity index (χ1) is 3.70. The van der Waals surface area contributed by atoms with E-state index in [-0.39, 0.29) is 0 Å². The molecule has 0 N–H and O–H groups in total. The van der Waals surface area contributed by atoms with Crippen LogP contribution < -0.4 is 0 Å². The van der Waals surface area contributed by atoms with Crippen LogP contribution in [0.25, 0.3) is 0 Å². The van der Waals surface area contributed by atoms with Gasteiger partial charge in [-0.25, -0.2) is 0 Å². The van der Waals surface area contributed by atoms with Crippen molar-refractivity contribution in [2.45, 2.75) is 27.2 Å². The highest BCUT2D eigenvalue weighted by atomic mass is 14.2. The van der Waals surface area contributed by atoms with Gasteiger partial charge >= 0.3 is 0 Å². The minimum atomic E-state index is 0.713. The summed E-state index contributed by atoms with van der Waals surface area (Å²) in [7, 11) is 0. The van der Waals surface area contributed by atoms with Gasteiger partial charge in [0.2, 0.25) is 0 Å². The number of hydrogen-bond acceptors (Lipinski definition) is 0. The summed E-state index contributed by atoms with van der Waals surface area (Å²) in [5.41, 5.74) is 1.46. The van der Waals surface area contributed by atoms with Crippen molar-refractivity contribution >= 4 is 0 Å². The zero-order valence-electron chi connectivity index (χ0n) is 5.86. The monoisotopic (exact) mass is 109 g/mol. The maximum Gasteiger partial charge on any atom is -0.0182 e. The number of hydrogen-bond donors (Lipinski definition) is 0. The molecule has 0 aromatic carbocycles. The predicted molar refractivity (Wildman–Crippen MR) is 35.4 cm³/mol. The summed E-state index contributed by atoms with van der Waals surface area (Å²) < 4.78 is 0. The van der Waals surface area contributed by atoms with Crippen molar-refractivity contribution in [3.8, 4) is 0 Å². The lowest BCUT2D eigenvalue weighted by Crippen LogP contribution is -1.89. The highest BCUT2D eigenvalue weighted by Gasteiger charge is 2.15. The van der Waals surface area contributed by atoms with Crippen LogP contribution in [0.3, 0.4) is 0 Å². The van der Waals surface area contributed by atoms with Gasteiger partial charge in [0.15, 0.2) is 0 Å². The molecule has 1 radical (unpaired) electrons. The molecule has 8 heavy (non-hydrogen) atoms. The standard InChI is InChI=1S/C8H13/c1-6-4-7(2)8(3)5-6/h6-7H,4H2,1-3H3. The molecule has 0 heterocycles. The van der Waals surface area contributed by atoms with Crippen molar-refractivity contribution in [1.29, 1.82) is 0 Å². The topological polar surface area (TPSA) is 0 Å². The van der Waals surface area contributed by atoms with Gasteiger partial charge in [0.1, 0.15) is 0 Å². The zero-order chi connectivity index (χ0) is 6.15. The van der Waals surface area contributed by atoms with E-state index in [4.69, 9.17) is 0 Å². The number of allylic oxidation sites excluding steroid dienone is 2. The highest BCUT2D eigenvalue weighted by Crippen LogP contribution is 2.27. The molecule has 0 aromatic rings. The average Bonchev–Trinajstić information content (AvgIpc) is 1.85. The van der Waals surface area contributed by atoms with Crippen molar-refractivity contribution in [3.05, 3.63) is 11.6 Å². The third-order valence-corrected chi connectivity index (χ3v) is 1.92. The van der Waals surface area contributed by atoms with Crippen LogP contribution in [0.15, 0.2) is 5.57 Å². The molecule has 0 aromatic heterocycles. The van der Waals surface area contributed by atoms with E-state index in [1.54, 1.807) is 0 Å². The summed E-state index contributed by atoms with van der Waals surface area (Å²) in [6.07, 6.45) is 4.69. The number of rotatable bonds is 0. The van der Waals surface area contributed by atoms with Gasteiger partial charge in [-0.2, -0.15) is 0 Å². The molecule has 45 valence electrons. The second-order valence-electron chi connectivity index (χ2n) is 2.87. The van der Waals surface area contributed by atoms with Gasteiger partial charge < -0.3 is 0 Å². The van der Waals surface area contributed by atoms with Crippen molar-refractivity contribution in [3.63, 3.8) is 0 Å². The van der Waals surface area contributed by atoms with E-state index in [1.165, 1.54) is 12.0 Å². The molecule has 2 unspecified atom stereocenters. The fourth-order valence-corrected chi connectivity index (χ4v) is 1.30. The minimum absolute atomic E-state index is 0.713. The van der Waals surface area contributed by atoms with Crippen molar-refractivity contribution in [2.75, 3.05) is 0 Å². The van der Waals surface area contributed by atoms with Gasteiger partial charge in [-0.15, -0.1) is 0 Å². The van der Waals surface area contributed by atoms with Gasteiger partial charge in [0, 0.05) is 0 Å². The molecule has 0 bridgehead atoms. The summed E-state index contributed by atoms with van der Waals surface area (Å²) in [5, 5.41) is 0. The Morgan fingerprint density at radius 3 is 2.25 bits per heavy atom. The Balaban J connectivity index is 2.59. The second kappa shape index (κ2) is 1.93. The van der Waals surface area contributed by atoms with E-state index in [1.807, 2.05) is 0 Å². The van der Waals surface area contributed by atoms with E-state index in [9.17, 15) is 0 Å². The molecular weight excluding hydrogens is 96.1 g/mol. The van der Waals surface area contributed by atoms with E-state index in [2.05, 4.69) is 26.8 Å². The summed E-state index contributed by atoms with van der Waals surface area (Å²) in [6, 6.07) is 0. The Bertz CT molecular complexity index is 111. The first kappa shape index (κ1) is 5.87. The molecule has 0 heteroatoms. The molecule has 0 amide bonds. The van der Waals surface area contributed by atoms with E-state index in [0.717, 1.165) is 5.92 Å². The molecule has 0 nitrogen and oxygen atoms in total. The maximum atomic E-state index is 3.38. The molecule has 1 rings (SSSR count). The quantitative estimate of drug-likeness (QED) is 0.448. The first-order valence-corrected chi connectivity index (χ1v) is 3.30. The molecule has 1 aliphatic carbocycles. The summed E-state index contributed by atoms with van der Waals surface area (Å²) >= 11 is 0. The van der Waals surface area contributed by atoms with Gasteiger partial charge in [-0.1, -0.05) is 19.4 Å². The summed E-state index contributed by atoms with van der Waals surface area (Å²) in [4.78, 5) is 0. The largest absolute Gasteiger partial charge is 0.0667 e. The first-order valence-electron chi connectivity index (χ1n) is 3.30. The maximum absolute atomic E-state index is 3.38.